The second kappa shape index (κ2) is 12.0. The number of hydrogen-bond acceptors (Lipinski definition) is 6. The van der Waals surface area contributed by atoms with Gasteiger partial charge in [-0.15, -0.1) is 0 Å². The molecule has 186 valence electrons. The van der Waals surface area contributed by atoms with Crippen LogP contribution in [0.5, 0.6) is 5.88 Å². The Bertz CT molecular complexity index is 1330. The van der Waals surface area contributed by atoms with Gasteiger partial charge in [-0.1, -0.05) is 48.2 Å². The van der Waals surface area contributed by atoms with E-state index >= 15 is 0 Å². The summed E-state index contributed by atoms with van der Waals surface area (Å²) in [5.74, 6) is -1.30. The number of pyridine rings is 1. The molecule has 5 nitrogen and oxygen atoms in total. The van der Waals surface area contributed by atoms with Crippen molar-refractivity contribution in [3.63, 3.8) is 0 Å². The van der Waals surface area contributed by atoms with Crippen LogP contribution in [0.15, 0.2) is 72.0 Å². The molecule has 0 spiro atoms. The van der Waals surface area contributed by atoms with Gasteiger partial charge in [0.05, 0.1) is 25.5 Å². The average molecular weight is 512 g/mol. The Balaban J connectivity index is 1.45. The maximum absolute atomic E-state index is 14.1. The number of benzene rings is 2. The van der Waals surface area contributed by atoms with Gasteiger partial charge in [0.1, 0.15) is 11.6 Å². The number of methoxy groups -OCH3 is 1. The van der Waals surface area contributed by atoms with E-state index in [9.17, 15) is 13.2 Å². The molecule has 0 amide bonds. The molecular weight excluding hydrogens is 487 g/mol. The van der Waals surface area contributed by atoms with E-state index in [4.69, 9.17) is 9.47 Å². The summed E-state index contributed by atoms with van der Waals surface area (Å²) in [6.07, 6.45) is 1.79. The molecule has 36 heavy (non-hydrogen) atoms. The molecule has 9 heteroatoms. The van der Waals surface area contributed by atoms with Gasteiger partial charge in [0.15, 0.2) is 11.0 Å². The van der Waals surface area contributed by atoms with Crippen molar-refractivity contribution in [2.45, 2.75) is 31.2 Å². The molecule has 2 heterocycles. The van der Waals surface area contributed by atoms with Crippen LogP contribution in [-0.4, -0.2) is 27.8 Å². The number of halogens is 3. The first-order valence-corrected chi connectivity index (χ1v) is 12.2. The topological polar surface area (TPSA) is 57.1 Å². The Kier molecular flexibility index (Phi) is 8.56. The fraction of sp³-hybridized carbons (Fsp3) is 0.222. The van der Waals surface area contributed by atoms with Gasteiger partial charge < -0.3 is 9.47 Å². The SMILES string of the molecule is COc1ncc(-c2cc(C)nc(SCCC(OCc3ccc(F)cc3F)c3ccccc3)n2)cc1F. The molecule has 1 unspecified atom stereocenters. The quantitative estimate of drug-likeness (QED) is 0.174. The van der Waals surface area contributed by atoms with Crippen LogP contribution in [0, 0.1) is 24.4 Å². The zero-order valence-electron chi connectivity index (χ0n) is 19.7. The molecule has 0 saturated carbocycles. The van der Waals surface area contributed by atoms with Crippen molar-refractivity contribution in [1.82, 2.24) is 15.0 Å². The van der Waals surface area contributed by atoms with E-state index < -0.39 is 17.5 Å². The minimum Gasteiger partial charge on any atom is -0.479 e. The maximum atomic E-state index is 14.1. The van der Waals surface area contributed by atoms with Crippen molar-refractivity contribution >= 4 is 11.8 Å². The van der Waals surface area contributed by atoms with E-state index in [0.29, 0.717) is 28.6 Å². The Labute approximate surface area is 211 Å². The first kappa shape index (κ1) is 25.7. The third kappa shape index (κ3) is 6.61. The fourth-order valence-electron chi connectivity index (χ4n) is 3.57. The van der Waals surface area contributed by atoms with Crippen LogP contribution in [0.3, 0.4) is 0 Å². The van der Waals surface area contributed by atoms with E-state index in [2.05, 4.69) is 15.0 Å². The van der Waals surface area contributed by atoms with Crippen LogP contribution < -0.4 is 4.74 Å². The largest absolute Gasteiger partial charge is 0.479 e. The Hall–Kier alpha value is -3.43. The lowest BCUT2D eigenvalue weighted by Crippen LogP contribution is -2.07. The summed E-state index contributed by atoms with van der Waals surface area (Å²) < 4.78 is 52.4. The molecule has 0 fully saturated rings. The van der Waals surface area contributed by atoms with E-state index in [1.165, 1.54) is 43.3 Å². The fourth-order valence-corrected chi connectivity index (χ4v) is 4.46. The van der Waals surface area contributed by atoms with Gasteiger partial charge in [-0.05, 0) is 37.1 Å². The lowest BCUT2D eigenvalue weighted by atomic mass is 10.1. The number of aryl methyl sites for hydroxylation is 1. The summed E-state index contributed by atoms with van der Waals surface area (Å²) in [5, 5.41) is 0.539. The maximum Gasteiger partial charge on any atom is 0.250 e. The van der Waals surface area contributed by atoms with E-state index in [1.807, 2.05) is 37.3 Å². The highest BCUT2D eigenvalue weighted by Gasteiger charge is 2.15. The summed E-state index contributed by atoms with van der Waals surface area (Å²) in [6, 6.07) is 16.2. The van der Waals surface area contributed by atoms with Gasteiger partial charge in [0.2, 0.25) is 5.88 Å². The first-order valence-electron chi connectivity index (χ1n) is 11.2. The molecule has 4 aromatic rings. The zero-order chi connectivity index (χ0) is 25.5. The second-order valence-corrected chi connectivity index (χ2v) is 9.04. The number of hydrogen-bond donors (Lipinski definition) is 0. The predicted molar refractivity (Wildman–Crippen MR) is 132 cm³/mol. The molecule has 1 atom stereocenters. The first-order chi connectivity index (χ1) is 17.4. The highest BCUT2D eigenvalue weighted by atomic mass is 32.2. The van der Waals surface area contributed by atoms with Crippen molar-refractivity contribution in [3.05, 3.63) is 101 Å². The third-order valence-corrected chi connectivity index (χ3v) is 6.25. The van der Waals surface area contributed by atoms with Gasteiger partial charge in [0, 0.05) is 34.8 Å². The van der Waals surface area contributed by atoms with Crippen LogP contribution in [0.4, 0.5) is 13.2 Å². The van der Waals surface area contributed by atoms with Crippen LogP contribution in [-0.2, 0) is 11.3 Å². The van der Waals surface area contributed by atoms with Crippen LogP contribution in [0.2, 0.25) is 0 Å². The number of ether oxygens (including phenoxy) is 2. The molecule has 0 bridgehead atoms. The van der Waals surface area contributed by atoms with Crippen LogP contribution in [0.25, 0.3) is 11.3 Å². The van der Waals surface area contributed by atoms with Crippen molar-refractivity contribution in [2.75, 3.05) is 12.9 Å². The zero-order valence-corrected chi connectivity index (χ0v) is 20.6. The Morgan fingerprint density at radius 3 is 2.47 bits per heavy atom. The van der Waals surface area contributed by atoms with Crippen molar-refractivity contribution in [2.24, 2.45) is 0 Å². The summed E-state index contributed by atoms with van der Waals surface area (Å²) in [4.78, 5) is 13.0. The van der Waals surface area contributed by atoms with Crippen LogP contribution >= 0.6 is 11.8 Å². The molecule has 0 N–H and O–H groups in total. The molecule has 0 radical (unpaired) electrons. The van der Waals surface area contributed by atoms with Crippen LogP contribution in [0.1, 0.15) is 29.3 Å². The molecule has 0 aliphatic carbocycles. The third-order valence-electron chi connectivity index (χ3n) is 5.37. The standard InChI is InChI=1S/C27H24F3N3O2S/c1-17-12-24(20-13-23(30)26(34-2)31-15-20)33-27(32-17)36-11-10-25(18-6-4-3-5-7-18)35-16-19-8-9-21(28)14-22(19)29/h3-9,12-15,25H,10-11,16H2,1-2H3. The second-order valence-electron chi connectivity index (χ2n) is 7.98. The highest BCUT2D eigenvalue weighted by molar-refractivity contribution is 7.99. The minimum atomic E-state index is -0.638. The van der Waals surface area contributed by atoms with Crippen molar-refractivity contribution in [1.29, 1.82) is 0 Å². The van der Waals surface area contributed by atoms with Gasteiger partial charge in [-0.3, -0.25) is 0 Å². The molecular formula is C27H24F3N3O2S. The monoisotopic (exact) mass is 511 g/mol. The van der Waals surface area contributed by atoms with Gasteiger partial charge >= 0.3 is 0 Å². The Morgan fingerprint density at radius 2 is 1.75 bits per heavy atom. The van der Waals surface area contributed by atoms with Gasteiger partial charge in [0.25, 0.3) is 0 Å². The smallest absolute Gasteiger partial charge is 0.250 e. The summed E-state index contributed by atoms with van der Waals surface area (Å²) in [7, 11) is 1.36. The molecule has 2 aromatic carbocycles. The molecule has 0 aliphatic rings. The average Bonchev–Trinajstić information content (AvgIpc) is 2.87. The number of thioether (sulfide) groups is 1. The van der Waals surface area contributed by atoms with Crippen molar-refractivity contribution in [3.8, 4) is 17.1 Å². The van der Waals surface area contributed by atoms with Gasteiger partial charge in [-0.2, -0.15) is 0 Å². The summed E-state index contributed by atoms with van der Waals surface area (Å²) in [5.41, 5.74) is 3.05. The lowest BCUT2D eigenvalue weighted by molar-refractivity contribution is 0.0363. The molecule has 4 rings (SSSR count). The molecule has 0 saturated heterocycles. The molecule has 0 aliphatic heterocycles. The lowest BCUT2D eigenvalue weighted by Gasteiger charge is -2.18. The van der Waals surface area contributed by atoms with Crippen molar-refractivity contribution < 1.29 is 22.6 Å². The normalized spacial score (nSPS) is 11.9. The Morgan fingerprint density at radius 1 is 0.944 bits per heavy atom. The number of nitrogens with zero attached hydrogens (tertiary/aromatic N) is 3. The van der Waals surface area contributed by atoms with E-state index in [1.54, 1.807) is 6.07 Å². The van der Waals surface area contributed by atoms with E-state index in [0.717, 1.165) is 17.3 Å². The van der Waals surface area contributed by atoms with Gasteiger partial charge in [-0.25, -0.2) is 28.1 Å². The predicted octanol–water partition coefficient (Wildman–Crippen LogP) is 6.71. The number of aromatic nitrogens is 3. The summed E-state index contributed by atoms with van der Waals surface area (Å²) >= 11 is 1.44. The highest BCUT2D eigenvalue weighted by Crippen LogP contribution is 2.29. The number of rotatable bonds is 10. The minimum absolute atomic E-state index is 0.0114. The molecule has 2 aromatic heterocycles. The van der Waals surface area contributed by atoms with E-state index in [-0.39, 0.29) is 24.2 Å². The summed E-state index contributed by atoms with van der Waals surface area (Å²) in [6.45, 7) is 1.85.